The Hall–Kier alpha value is -0.490. The van der Waals surface area contributed by atoms with Gasteiger partial charge in [-0.3, -0.25) is 0 Å². The quantitative estimate of drug-likeness (QED) is 0.522. The van der Waals surface area contributed by atoms with Crippen LogP contribution in [0.25, 0.3) is 0 Å². The van der Waals surface area contributed by atoms with Crippen LogP contribution in [-0.4, -0.2) is 16.2 Å². The summed E-state index contributed by atoms with van der Waals surface area (Å²) in [5, 5.41) is 4.29. The highest BCUT2D eigenvalue weighted by Gasteiger charge is 2.03. The Morgan fingerprint density at radius 1 is 1.35 bits per heavy atom. The molecule has 0 bridgehead atoms. The highest BCUT2D eigenvalue weighted by atomic mass is 35.5. The van der Waals surface area contributed by atoms with Gasteiger partial charge in [0.25, 0.3) is 0 Å². The summed E-state index contributed by atoms with van der Waals surface area (Å²) in [6.07, 6.45) is 1.91. The summed E-state index contributed by atoms with van der Waals surface area (Å²) in [5.41, 5.74) is 0. The van der Waals surface area contributed by atoms with Gasteiger partial charge in [0.05, 0.1) is 10.9 Å². The van der Waals surface area contributed by atoms with Gasteiger partial charge in [0.1, 0.15) is 11.0 Å². The highest BCUT2D eigenvalue weighted by molar-refractivity contribution is 7.98. The molecule has 17 heavy (non-hydrogen) atoms. The maximum absolute atomic E-state index is 5.89. The minimum atomic E-state index is 0.441. The Bertz CT molecular complexity index is 516. The Balaban J connectivity index is 2.05. The van der Waals surface area contributed by atoms with Crippen LogP contribution in [0.1, 0.15) is 4.88 Å². The molecule has 1 N–H and O–H groups in total. The average molecular weight is 306 g/mol. The van der Waals surface area contributed by atoms with Gasteiger partial charge in [-0.05, 0) is 18.4 Å². The normalized spacial score (nSPS) is 10.5. The molecule has 0 fully saturated rings. The summed E-state index contributed by atoms with van der Waals surface area (Å²) in [6.45, 7) is 0.679. The molecule has 3 nitrogen and oxygen atoms in total. The summed E-state index contributed by atoms with van der Waals surface area (Å²) >= 11 is 14.7. The van der Waals surface area contributed by atoms with E-state index in [0.717, 1.165) is 15.0 Å². The maximum Gasteiger partial charge on any atom is 0.190 e. The number of nitrogens with zero attached hydrogens (tertiary/aromatic N) is 2. The maximum atomic E-state index is 5.89. The molecule has 2 rings (SSSR count). The summed E-state index contributed by atoms with van der Waals surface area (Å²) < 4.78 is 0.785. The molecule has 0 unspecified atom stereocenters. The second-order valence-electron chi connectivity index (χ2n) is 3.12. The van der Waals surface area contributed by atoms with Crippen molar-refractivity contribution >= 4 is 52.1 Å². The van der Waals surface area contributed by atoms with Crippen LogP contribution in [0.2, 0.25) is 9.49 Å². The van der Waals surface area contributed by atoms with Gasteiger partial charge in [0.2, 0.25) is 0 Å². The van der Waals surface area contributed by atoms with Crippen molar-refractivity contribution in [2.75, 3.05) is 11.6 Å². The van der Waals surface area contributed by atoms with Gasteiger partial charge in [-0.2, -0.15) is 0 Å². The largest absolute Gasteiger partial charge is 0.365 e. The standard InChI is InChI=1S/C10H9Cl2N3S2/c1-16-10-14-7(11)4-9(15-10)13-5-6-2-3-8(12)17-6/h2-4H,5H2,1H3,(H,13,14,15). The van der Waals surface area contributed by atoms with E-state index in [4.69, 9.17) is 23.2 Å². The molecule has 7 heteroatoms. The molecule has 2 aromatic rings. The lowest BCUT2D eigenvalue weighted by Gasteiger charge is -2.05. The van der Waals surface area contributed by atoms with Gasteiger partial charge >= 0.3 is 0 Å². The van der Waals surface area contributed by atoms with Crippen LogP contribution in [0.3, 0.4) is 0 Å². The van der Waals surface area contributed by atoms with E-state index in [1.165, 1.54) is 11.8 Å². The fourth-order valence-corrected chi connectivity index (χ4v) is 2.84. The van der Waals surface area contributed by atoms with Crippen molar-refractivity contribution in [3.05, 3.63) is 32.6 Å². The van der Waals surface area contributed by atoms with Crippen LogP contribution >= 0.6 is 46.3 Å². The van der Waals surface area contributed by atoms with E-state index in [1.54, 1.807) is 17.4 Å². The van der Waals surface area contributed by atoms with Crippen LogP contribution in [0.15, 0.2) is 23.4 Å². The number of aromatic nitrogens is 2. The van der Waals surface area contributed by atoms with Crippen molar-refractivity contribution in [2.45, 2.75) is 11.7 Å². The molecular weight excluding hydrogens is 297 g/mol. The highest BCUT2D eigenvalue weighted by Crippen LogP contribution is 2.23. The third-order valence-electron chi connectivity index (χ3n) is 1.93. The zero-order valence-corrected chi connectivity index (χ0v) is 12.1. The van der Waals surface area contributed by atoms with Crippen molar-refractivity contribution in [1.82, 2.24) is 9.97 Å². The molecule has 0 amide bonds. The van der Waals surface area contributed by atoms with E-state index in [9.17, 15) is 0 Å². The number of anilines is 1. The van der Waals surface area contributed by atoms with Gasteiger partial charge in [-0.25, -0.2) is 9.97 Å². The van der Waals surface area contributed by atoms with Crippen LogP contribution in [0.4, 0.5) is 5.82 Å². The predicted molar refractivity (Wildman–Crippen MR) is 75.5 cm³/mol. The van der Waals surface area contributed by atoms with E-state index >= 15 is 0 Å². The number of nitrogens with one attached hydrogen (secondary N) is 1. The van der Waals surface area contributed by atoms with Gasteiger partial charge < -0.3 is 5.32 Å². The summed E-state index contributed by atoms with van der Waals surface area (Å²) in [7, 11) is 0. The van der Waals surface area contributed by atoms with Crippen molar-refractivity contribution in [1.29, 1.82) is 0 Å². The molecule has 0 aliphatic heterocycles. The molecule has 0 radical (unpaired) electrons. The molecule has 0 aliphatic carbocycles. The Morgan fingerprint density at radius 2 is 2.18 bits per heavy atom. The van der Waals surface area contributed by atoms with E-state index in [0.29, 0.717) is 16.9 Å². The monoisotopic (exact) mass is 305 g/mol. The molecule has 2 aromatic heterocycles. The SMILES string of the molecule is CSc1nc(Cl)cc(NCc2ccc(Cl)s2)n1. The fourth-order valence-electron chi connectivity index (χ4n) is 1.20. The lowest BCUT2D eigenvalue weighted by molar-refractivity contribution is 0.959. The first-order valence-electron chi connectivity index (χ1n) is 4.74. The first-order valence-corrected chi connectivity index (χ1v) is 7.54. The number of rotatable bonds is 4. The predicted octanol–water partition coefficient (Wildman–Crippen LogP) is 4.18. The first kappa shape index (κ1) is 13.0. The van der Waals surface area contributed by atoms with Crippen LogP contribution in [0, 0.1) is 0 Å². The minimum Gasteiger partial charge on any atom is -0.365 e. The Labute approximate surface area is 118 Å². The zero-order chi connectivity index (χ0) is 12.3. The van der Waals surface area contributed by atoms with Crippen molar-refractivity contribution in [3.63, 3.8) is 0 Å². The molecule has 2 heterocycles. The summed E-state index contributed by atoms with van der Waals surface area (Å²) in [5.74, 6) is 0.721. The van der Waals surface area contributed by atoms with Gasteiger partial charge in [-0.15, -0.1) is 11.3 Å². The van der Waals surface area contributed by atoms with Gasteiger partial charge in [0, 0.05) is 10.9 Å². The lowest BCUT2D eigenvalue weighted by Crippen LogP contribution is -2.01. The van der Waals surface area contributed by atoms with Gasteiger partial charge in [-0.1, -0.05) is 35.0 Å². The van der Waals surface area contributed by atoms with Crippen molar-refractivity contribution < 1.29 is 0 Å². The fraction of sp³-hybridized carbons (Fsp3) is 0.200. The number of hydrogen-bond donors (Lipinski definition) is 1. The zero-order valence-electron chi connectivity index (χ0n) is 8.91. The lowest BCUT2D eigenvalue weighted by atomic mass is 10.4. The first-order chi connectivity index (χ1) is 8.17. The summed E-state index contributed by atoms with van der Waals surface area (Å²) in [4.78, 5) is 9.52. The Morgan fingerprint density at radius 3 is 2.82 bits per heavy atom. The molecule has 0 saturated carbocycles. The van der Waals surface area contributed by atoms with Gasteiger partial charge in [0.15, 0.2) is 5.16 Å². The van der Waals surface area contributed by atoms with Crippen LogP contribution in [-0.2, 0) is 6.54 Å². The van der Waals surface area contributed by atoms with Crippen LogP contribution < -0.4 is 5.32 Å². The van der Waals surface area contributed by atoms with Crippen LogP contribution in [0.5, 0.6) is 0 Å². The topological polar surface area (TPSA) is 37.8 Å². The number of thiophene rings is 1. The average Bonchev–Trinajstić information content (AvgIpc) is 2.72. The van der Waals surface area contributed by atoms with E-state index in [2.05, 4.69) is 15.3 Å². The van der Waals surface area contributed by atoms with Crippen molar-refractivity contribution in [2.24, 2.45) is 0 Å². The molecule has 90 valence electrons. The third kappa shape index (κ3) is 3.74. The molecule has 0 aromatic carbocycles. The van der Waals surface area contributed by atoms with E-state index in [1.807, 2.05) is 18.4 Å². The number of thioether (sulfide) groups is 1. The summed E-state index contributed by atoms with van der Waals surface area (Å²) in [6, 6.07) is 5.57. The molecule has 0 spiro atoms. The molecular formula is C10H9Cl2N3S2. The minimum absolute atomic E-state index is 0.441. The Kier molecular flexibility index (Phi) is 4.50. The number of hydrogen-bond acceptors (Lipinski definition) is 5. The smallest absolute Gasteiger partial charge is 0.190 e. The molecule has 0 aliphatic rings. The number of halogens is 2. The molecule has 0 saturated heterocycles. The van der Waals surface area contributed by atoms with E-state index < -0.39 is 0 Å². The third-order valence-corrected chi connectivity index (χ3v) is 3.90. The second kappa shape index (κ2) is 5.91. The second-order valence-corrected chi connectivity index (χ2v) is 6.08. The molecule has 0 atom stereocenters. The van der Waals surface area contributed by atoms with E-state index in [-0.39, 0.29) is 0 Å². The van der Waals surface area contributed by atoms with Crippen molar-refractivity contribution in [3.8, 4) is 0 Å².